The van der Waals surface area contributed by atoms with Gasteiger partial charge in [0.05, 0.1) is 24.2 Å². The number of morpholine rings is 1. The molecule has 2 rings (SSSR count). The Morgan fingerprint density at radius 3 is 3.00 bits per heavy atom. The van der Waals surface area contributed by atoms with Crippen molar-refractivity contribution < 1.29 is 9.53 Å². The van der Waals surface area contributed by atoms with Gasteiger partial charge in [-0.15, -0.1) is 0 Å². The summed E-state index contributed by atoms with van der Waals surface area (Å²) in [6, 6.07) is 3.57. The fourth-order valence-corrected chi connectivity index (χ4v) is 1.88. The zero-order valence-corrected chi connectivity index (χ0v) is 11.8. The normalized spacial score (nSPS) is 19.6. The Kier molecular flexibility index (Phi) is 5.02. The highest BCUT2D eigenvalue weighted by molar-refractivity contribution is 6.06. The first-order valence-corrected chi connectivity index (χ1v) is 6.68. The number of nitrogens with one attached hydrogen (secondary N) is 3. The van der Waals surface area contributed by atoms with Gasteiger partial charge in [0.25, 0.3) is 5.91 Å². The molecule has 1 atom stereocenters. The number of amides is 1. The molecule has 1 fully saturated rings. The molecule has 7 heteroatoms. The third-order valence-corrected chi connectivity index (χ3v) is 3.19. The summed E-state index contributed by atoms with van der Waals surface area (Å²) < 4.78 is 5.60. The second-order valence-electron chi connectivity index (χ2n) is 4.73. The van der Waals surface area contributed by atoms with Crippen LogP contribution in [0.1, 0.15) is 18.7 Å². The van der Waals surface area contributed by atoms with Gasteiger partial charge in [-0.2, -0.15) is 0 Å². The minimum atomic E-state index is -0.443. The number of carbonyl (C=O) groups excluding carboxylic acids is 1. The molecule has 0 aliphatic carbocycles. The van der Waals surface area contributed by atoms with Crippen LogP contribution in [-0.2, 0) is 9.53 Å². The Morgan fingerprint density at radius 2 is 2.43 bits per heavy atom. The maximum absolute atomic E-state index is 11.8. The molecule has 1 aliphatic rings. The van der Waals surface area contributed by atoms with E-state index in [1.807, 2.05) is 6.07 Å². The lowest BCUT2D eigenvalue weighted by Gasteiger charge is -2.23. The number of pyridine rings is 1. The van der Waals surface area contributed by atoms with E-state index in [4.69, 9.17) is 15.9 Å². The molecule has 0 aromatic carbocycles. The lowest BCUT2D eigenvalue weighted by Crippen LogP contribution is -2.33. The van der Waals surface area contributed by atoms with E-state index in [2.05, 4.69) is 15.6 Å². The fraction of sp³-hybridized carbons (Fsp3) is 0.357. The molecule has 112 valence electrons. The number of hydrogen-bond donors (Lipinski definition) is 4. The number of allylic oxidation sites excluding steroid dienone is 1. The van der Waals surface area contributed by atoms with Crippen molar-refractivity contribution in [3.63, 3.8) is 0 Å². The van der Waals surface area contributed by atoms with Crippen molar-refractivity contribution in [3.8, 4) is 0 Å². The second kappa shape index (κ2) is 6.96. The van der Waals surface area contributed by atoms with Crippen LogP contribution in [0.15, 0.2) is 29.6 Å². The summed E-state index contributed by atoms with van der Waals surface area (Å²) in [6.07, 6.45) is 2.55. The summed E-state index contributed by atoms with van der Waals surface area (Å²) in [6.45, 7) is 3.85. The van der Waals surface area contributed by atoms with Crippen LogP contribution >= 0.6 is 0 Å². The van der Waals surface area contributed by atoms with E-state index in [1.54, 1.807) is 19.2 Å². The highest BCUT2D eigenvalue weighted by Crippen LogP contribution is 2.18. The summed E-state index contributed by atoms with van der Waals surface area (Å²) >= 11 is 0. The van der Waals surface area contributed by atoms with Crippen LogP contribution < -0.4 is 16.4 Å². The molecular formula is C14H19N5O2. The van der Waals surface area contributed by atoms with Crippen molar-refractivity contribution in [2.45, 2.75) is 13.0 Å². The van der Waals surface area contributed by atoms with Crippen molar-refractivity contribution in [1.29, 1.82) is 5.41 Å². The van der Waals surface area contributed by atoms with Gasteiger partial charge in [-0.25, -0.2) is 0 Å². The minimum Gasteiger partial charge on any atom is -0.394 e. The van der Waals surface area contributed by atoms with Crippen molar-refractivity contribution in [2.75, 3.05) is 25.0 Å². The van der Waals surface area contributed by atoms with Crippen LogP contribution in [0, 0.1) is 5.41 Å². The van der Waals surface area contributed by atoms with Crippen LogP contribution in [0.5, 0.6) is 0 Å². The molecule has 0 saturated carbocycles. The van der Waals surface area contributed by atoms with Gasteiger partial charge in [0.15, 0.2) is 0 Å². The highest BCUT2D eigenvalue weighted by Gasteiger charge is 2.17. The maximum Gasteiger partial charge on any atom is 0.271 e. The molecule has 1 aromatic rings. The summed E-state index contributed by atoms with van der Waals surface area (Å²) in [5.74, 6) is -0.443. The smallest absolute Gasteiger partial charge is 0.271 e. The number of ether oxygens (including phenoxy) is 1. The number of nitrogens with two attached hydrogens (primary N) is 1. The number of anilines is 1. The summed E-state index contributed by atoms with van der Waals surface area (Å²) in [5, 5.41) is 13.0. The monoisotopic (exact) mass is 289 g/mol. The average Bonchev–Trinajstić information content (AvgIpc) is 2.54. The van der Waals surface area contributed by atoms with E-state index in [0.717, 1.165) is 25.0 Å². The SMILES string of the molecule is C/C(C=N)=C(/N)C(=O)Nc1ccc([C@@H]2CNCCO2)nc1. The van der Waals surface area contributed by atoms with Crippen molar-refractivity contribution in [3.05, 3.63) is 35.3 Å². The third-order valence-electron chi connectivity index (χ3n) is 3.19. The van der Waals surface area contributed by atoms with Gasteiger partial charge in [-0.1, -0.05) is 0 Å². The largest absolute Gasteiger partial charge is 0.394 e. The molecule has 1 aliphatic heterocycles. The molecule has 21 heavy (non-hydrogen) atoms. The fourth-order valence-electron chi connectivity index (χ4n) is 1.88. The second-order valence-corrected chi connectivity index (χ2v) is 4.73. The van der Waals surface area contributed by atoms with Crippen LogP contribution in [0.2, 0.25) is 0 Å². The van der Waals surface area contributed by atoms with Gasteiger partial charge in [0.1, 0.15) is 11.8 Å². The van der Waals surface area contributed by atoms with Gasteiger partial charge in [0, 0.05) is 19.3 Å². The summed E-state index contributed by atoms with van der Waals surface area (Å²) in [5.41, 5.74) is 7.44. The van der Waals surface area contributed by atoms with E-state index in [1.165, 1.54) is 0 Å². The summed E-state index contributed by atoms with van der Waals surface area (Å²) in [4.78, 5) is 16.1. The first-order chi connectivity index (χ1) is 10.1. The number of aromatic nitrogens is 1. The van der Waals surface area contributed by atoms with E-state index in [0.29, 0.717) is 17.9 Å². The van der Waals surface area contributed by atoms with Crippen LogP contribution in [0.3, 0.4) is 0 Å². The quantitative estimate of drug-likeness (QED) is 0.478. The molecule has 1 amide bonds. The van der Waals surface area contributed by atoms with E-state index < -0.39 is 5.91 Å². The van der Waals surface area contributed by atoms with Gasteiger partial charge in [-0.05, 0) is 24.6 Å². The standard InChI is InChI=1S/C14H19N5O2/c1-9(6-15)13(16)14(20)19-10-2-3-11(18-7-10)12-8-17-4-5-21-12/h2-3,6-7,12,15,17H,4-5,8,16H2,1H3,(H,19,20)/b13-9-,15-6?/t12-/m0/s1. The number of hydrogen-bond acceptors (Lipinski definition) is 6. The van der Waals surface area contributed by atoms with Gasteiger partial charge in [0.2, 0.25) is 0 Å². The zero-order chi connectivity index (χ0) is 15.2. The van der Waals surface area contributed by atoms with Crippen molar-refractivity contribution >= 4 is 17.8 Å². The van der Waals surface area contributed by atoms with E-state index in [9.17, 15) is 4.79 Å². The molecule has 1 aromatic heterocycles. The van der Waals surface area contributed by atoms with Crippen LogP contribution in [0.4, 0.5) is 5.69 Å². The number of nitrogens with zero attached hydrogens (tertiary/aromatic N) is 1. The Balaban J connectivity index is 2.02. The first-order valence-electron chi connectivity index (χ1n) is 6.68. The molecule has 2 heterocycles. The van der Waals surface area contributed by atoms with Gasteiger partial charge in [-0.3, -0.25) is 9.78 Å². The summed E-state index contributed by atoms with van der Waals surface area (Å²) in [7, 11) is 0. The molecular weight excluding hydrogens is 270 g/mol. The molecule has 0 spiro atoms. The topological polar surface area (TPSA) is 113 Å². The zero-order valence-electron chi connectivity index (χ0n) is 11.8. The van der Waals surface area contributed by atoms with Gasteiger partial charge >= 0.3 is 0 Å². The van der Waals surface area contributed by atoms with E-state index in [-0.39, 0.29) is 11.8 Å². The predicted molar refractivity (Wildman–Crippen MR) is 80.1 cm³/mol. The Morgan fingerprint density at radius 1 is 1.62 bits per heavy atom. The third kappa shape index (κ3) is 3.87. The van der Waals surface area contributed by atoms with Crippen molar-refractivity contribution in [1.82, 2.24) is 10.3 Å². The Hall–Kier alpha value is -2.25. The Labute approximate surface area is 123 Å². The predicted octanol–water partition coefficient (Wildman–Crippen LogP) is 0.563. The maximum atomic E-state index is 11.8. The molecule has 0 radical (unpaired) electrons. The lowest BCUT2D eigenvalue weighted by molar-refractivity contribution is -0.112. The first kappa shape index (κ1) is 15.1. The molecule has 5 N–H and O–H groups in total. The van der Waals surface area contributed by atoms with E-state index >= 15 is 0 Å². The average molecular weight is 289 g/mol. The molecule has 0 bridgehead atoms. The van der Waals surface area contributed by atoms with Gasteiger partial charge < -0.3 is 26.5 Å². The Bertz CT molecular complexity index is 547. The molecule has 0 unspecified atom stereocenters. The van der Waals surface area contributed by atoms with Crippen molar-refractivity contribution in [2.24, 2.45) is 5.73 Å². The minimum absolute atomic E-state index is 0.0221. The highest BCUT2D eigenvalue weighted by atomic mass is 16.5. The number of carbonyl (C=O) groups is 1. The lowest BCUT2D eigenvalue weighted by atomic mass is 10.2. The molecule has 1 saturated heterocycles. The van der Waals surface area contributed by atoms with Crippen LogP contribution in [0.25, 0.3) is 0 Å². The molecule has 7 nitrogen and oxygen atoms in total. The van der Waals surface area contributed by atoms with Crippen LogP contribution in [-0.4, -0.2) is 36.8 Å². The number of rotatable bonds is 4.